The van der Waals surface area contributed by atoms with Crippen LogP contribution in [0.3, 0.4) is 0 Å². The summed E-state index contributed by atoms with van der Waals surface area (Å²) in [6, 6.07) is 21.9. The minimum Gasteiger partial charge on any atom is -0.479 e. The number of aromatic carboxylic acids is 1. The molecule has 6 aromatic rings. The summed E-state index contributed by atoms with van der Waals surface area (Å²) in [6.07, 6.45) is 0.553. The molecule has 6 heterocycles. The molecule has 2 unspecified atom stereocenters. The van der Waals surface area contributed by atoms with Crippen LogP contribution in [0.5, 0.6) is 5.75 Å². The van der Waals surface area contributed by atoms with Crippen LogP contribution in [-0.4, -0.2) is 197 Å². The number of aliphatic carboxylic acids is 1. The molecule has 524 valence electrons. The van der Waals surface area contributed by atoms with Crippen LogP contribution in [0.1, 0.15) is 120 Å². The maximum atomic E-state index is 14.4. The van der Waals surface area contributed by atoms with Gasteiger partial charge in [0.05, 0.1) is 28.6 Å². The Labute approximate surface area is 574 Å². The van der Waals surface area contributed by atoms with Gasteiger partial charge in [-0.15, -0.1) is 0 Å². The second kappa shape index (κ2) is 28.2. The summed E-state index contributed by atoms with van der Waals surface area (Å²) >= 11 is 1.40. The van der Waals surface area contributed by atoms with E-state index in [9.17, 15) is 63.9 Å². The lowest BCUT2D eigenvalue weighted by Gasteiger charge is -2.69. The summed E-state index contributed by atoms with van der Waals surface area (Å²) in [5.41, 5.74) is 4.77. The van der Waals surface area contributed by atoms with E-state index in [1.54, 1.807) is 50.6 Å². The molecule has 0 radical (unpaired) electrons. The first kappa shape index (κ1) is 69.7. The predicted octanol–water partition coefficient (Wildman–Crippen LogP) is 6.26. The lowest BCUT2D eigenvalue weighted by Crippen LogP contribution is -2.64. The van der Waals surface area contributed by atoms with Crippen LogP contribution in [0, 0.1) is 23.2 Å². The molecule has 3 aromatic carbocycles. The van der Waals surface area contributed by atoms with E-state index in [1.165, 1.54) is 21.1 Å². The Morgan fingerprint density at radius 2 is 1.59 bits per heavy atom. The van der Waals surface area contributed by atoms with Gasteiger partial charge in [-0.25, -0.2) is 24.4 Å². The molecule has 7 atom stereocenters. The number of nitrogens with one attached hydrogen (secondary N) is 2. The summed E-state index contributed by atoms with van der Waals surface area (Å²) in [4.78, 5) is 118. The molecular weight excluding hydrogens is 1300 g/mol. The molecule has 7 aliphatic rings. The molecule has 4 bridgehead atoms. The third kappa shape index (κ3) is 15.1. The molecular formula is C71H82N10O17S. The van der Waals surface area contributed by atoms with Gasteiger partial charge in [-0.1, -0.05) is 61.6 Å². The van der Waals surface area contributed by atoms with Crippen LogP contribution in [0.25, 0.3) is 21.3 Å². The Hall–Kier alpha value is -9.19. The van der Waals surface area contributed by atoms with E-state index in [-0.39, 0.29) is 77.7 Å². The zero-order chi connectivity index (χ0) is 70.3. The van der Waals surface area contributed by atoms with Gasteiger partial charge in [0.15, 0.2) is 16.9 Å². The first-order valence-electron chi connectivity index (χ1n) is 33.3. The van der Waals surface area contributed by atoms with Gasteiger partial charge in [0.2, 0.25) is 18.1 Å². The van der Waals surface area contributed by atoms with Gasteiger partial charge in [-0.05, 0) is 140 Å². The number of carboxylic acid groups (broad SMARTS) is 2. The number of rotatable bonds is 26. The van der Waals surface area contributed by atoms with Crippen molar-refractivity contribution in [2.24, 2.45) is 16.2 Å². The fourth-order valence-electron chi connectivity index (χ4n) is 16.5. The summed E-state index contributed by atoms with van der Waals surface area (Å²) < 4.78 is 27.6. The second-order valence-electron chi connectivity index (χ2n) is 28.2. The van der Waals surface area contributed by atoms with Gasteiger partial charge in [-0.3, -0.25) is 38.9 Å². The number of fused-ring (bicyclic) bond motifs is 2. The molecule has 99 heavy (non-hydrogen) atoms. The number of anilines is 2. The highest BCUT2D eigenvalue weighted by Crippen LogP contribution is 2.72. The molecule has 1 saturated heterocycles. The van der Waals surface area contributed by atoms with Crippen molar-refractivity contribution in [1.29, 1.82) is 0 Å². The molecule has 6 amide bonds. The minimum absolute atomic E-state index is 0.00558. The predicted molar refractivity (Wildman–Crippen MR) is 359 cm³/mol. The van der Waals surface area contributed by atoms with Crippen molar-refractivity contribution in [1.82, 2.24) is 39.8 Å². The number of pyridine rings is 1. The monoisotopic (exact) mass is 1380 g/mol. The fourth-order valence-corrected chi connectivity index (χ4v) is 17.4. The van der Waals surface area contributed by atoms with Crippen LogP contribution < -0.4 is 20.3 Å². The Balaban J connectivity index is 0.715. The van der Waals surface area contributed by atoms with Gasteiger partial charge < -0.3 is 64.5 Å². The number of para-hydroxylation sites is 1. The van der Waals surface area contributed by atoms with Crippen LogP contribution in [-0.2, 0) is 70.7 Å². The molecule has 5 fully saturated rings. The lowest BCUT2D eigenvalue weighted by atomic mass is 9.39. The topological polar surface area (TPSA) is 355 Å². The Morgan fingerprint density at radius 1 is 0.828 bits per heavy atom. The zero-order valence-electron chi connectivity index (χ0n) is 55.8. The zero-order valence-corrected chi connectivity index (χ0v) is 56.6. The number of hydrogen-bond donors (Lipinski definition) is 7. The van der Waals surface area contributed by atoms with Crippen molar-refractivity contribution in [2.45, 2.75) is 147 Å². The summed E-state index contributed by atoms with van der Waals surface area (Å²) in [5, 5.41) is 63.8. The number of aryl methyl sites for hydroxylation is 1. The van der Waals surface area contributed by atoms with Crippen molar-refractivity contribution in [3.05, 3.63) is 130 Å². The van der Waals surface area contributed by atoms with Crippen LogP contribution in [0.2, 0.25) is 0 Å². The quantitative estimate of drug-likeness (QED) is 0.0232. The molecule has 27 nitrogen and oxygen atoms in total. The van der Waals surface area contributed by atoms with Crippen molar-refractivity contribution in [3.8, 4) is 16.9 Å². The molecule has 3 aliphatic heterocycles. The molecule has 28 heteroatoms. The number of aliphatic hydroxyl groups excluding tert-OH is 3. The summed E-state index contributed by atoms with van der Waals surface area (Å²) in [7, 11) is 3.23. The fraction of sp³-hybridized carbons (Fsp3) is 0.479. The Morgan fingerprint density at radius 3 is 2.31 bits per heavy atom. The van der Waals surface area contributed by atoms with Gasteiger partial charge >= 0.3 is 18.0 Å². The first-order chi connectivity index (χ1) is 47.2. The molecule has 4 saturated carbocycles. The first-order valence-corrected chi connectivity index (χ1v) is 34.1. The number of carboxylic acids is 2. The number of aliphatic hydroxyl groups is 3. The highest BCUT2D eigenvalue weighted by atomic mass is 32.1. The Kier molecular flexibility index (Phi) is 19.9. The second-order valence-corrected chi connectivity index (χ2v) is 29.2. The van der Waals surface area contributed by atoms with Crippen molar-refractivity contribution in [2.75, 3.05) is 63.6 Å². The third-order valence-electron chi connectivity index (χ3n) is 20.0. The molecule has 3 aromatic heterocycles. The number of unbranched alkanes of at least 4 members (excludes halogenated alkanes) is 1. The normalized spacial score (nSPS) is 25.2. The number of carbonyl (C=O) groups excluding carboxylic acids is 6. The maximum Gasteiger partial charge on any atom is 0.410 e. The van der Waals surface area contributed by atoms with Crippen LogP contribution >= 0.6 is 11.3 Å². The molecule has 13 rings (SSSR count). The van der Waals surface area contributed by atoms with E-state index in [1.807, 2.05) is 59.0 Å². The van der Waals surface area contributed by atoms with E-state index in [0.29, 0.717) is 84.9 Å². The van der Waals surface area contributed by atoms with Crippen molar-refractivity contribution < 1.29 is 82.8 Å². The standard InChI is InChI=1S/C71H82N10O17S/c1-41-47(45-18-19-52(75-57(45)63(90)91)79-25-22-43-12-10-13-46(48(43)31-79)62(89)76-66-74-49-14-6-7-15-51(49)99-66)30-73-81(41)40-70-35-68(2)34-69(3,36-70)38-71(37-68,39-70)96-28-27-78(26-23-54(83)77(4)5)67(94)95-33-44-17-16-42(11-8-9-24-72-53(82)32-80-55(84)20-21-56(80)85)29-50(44)97-65-60(88)58(86)59(87)61(98-65)64(92)93/h6-7,10,12-21,29-30,58-61,65,86-88H,8-9,11,22-28,31-40H2,1-5H3,(H,72,82)(H,90,91)(H,92,93)(H,74,76,89)/t58-,59-,60+,61-,65+,68?,69?,70?,71?/m0/s1. The largest absolute Gasteiger partial charge is 0.479 e. The number of benzene rings is 3. The number of hydrogen-bond acceptors (Lipinski definition) is 20. The molecule has 4 aliphatic carbocycles. The van der Waals surface area contributed by atoms with Crippen molar-refractivity contribution >= 4 is 80.1 Å². The number of aromatic nitrogens is 4. The van der Waals surface area contributed by atoms with E-state index in [4.69, 9.17) is 29.0 Å². The smallest absolute Gasteiger partial charge is 0.410 e. The van der Waals surface area contributed by atoms with Crippen LogP contribution in [0.4, 0.5) is 15.7 Å². The van der Waals surface area contributed by atoms with E-state index >= 15 is 0 Å². The molecule has 7 N–H and O–H groups in total. The van der Waals surface area contributed by atoms with E-state index in [2.05, 4.69) is 29.5 Å². The average Bonchev–Trinajstić information content (AvgIpc) is 0.744. The number of nitrogens with zero attached hydrogens (tertiary/aromatic N) is 8. The highest BCUT2D eigenvalue weighted by molar-refractivity contribution is 7.22. The van der Waals surface area contributed by atoms with Gasteiger partial charge in [-0.2, -0.15) is 5.10 Å². The average molecular weight is 1380 g/mol. The van der Waals surface area contributed by atoms with E-state index in [0.717, 1.165) is 76.2 Å². The van der Waals surface area contributed by atoms with Crippen molar-refractivity contribution in [3.63, 3.8) is 0 Å². The third-order valence-corrected chi connectivity index (χ3v) is 21.0. The van der Waals surface area contributed by atoms with E-state index < -0.39 is 85.2 Å². The highest BCUT2D eigenvalue weighted by Gasteiger charge is 2.66. The van der Waals surface area contributed by atoms with Crippen LogP contribution in [0.15, 0.2) is 91.1 Å². The maximum absolute atomic E-state index is 14.4. The SMILES string of the molecule is Cc1c(-c2ccc(N3CCc4cccc(C(=O)Nc5nc6ccccc6s5)c4C3)nc2C(=O)O)cnn1CC12CC3(C)CC(C)(C1)CC(OCCN(CCC(=O)N(C)C)C(=O)OCc1ccc(CCCCNC(=O)CN4C(=O)C=CC4=O)cc1O[C@@H]1O[C@H](C(=O)O)[C@@H](O)[C@H](O)[C@H]1O)(C3)C2. The summed E-state index contributed by atoms with van der Waals surface area (Å²) in [6.45, 7) is 7.53. The molecule has 0 spiro atoms. The van der Waals surface area contributed by atoms with Gasteiger partial charge in [0.25, 0.3) is 17.7 Å². The lowest BCUT2D eigenvalue weighted by molar-refractivity contribution is -0.271. The number of ether oxygens (including phenoxy) is 4. The number of carbonyl (C=O) groups is 8. The number of amides is 6. The summed E-state index contributed by atoms with van der Waals surface area (Å²) in [5.74, 6) is -4.52. The Bertz CT molecular complexity index is 4120. The van der Waals surface area contributed by atoms with Gasteiger partial charge in [0, 0.05) is 99.9 Å². The number of imide groups is 1. The number of thiazole rings is 1. The van der Waals surface area contributed by atoms with Gasteiger partial charge in [0.1, 0.15) is 43.0 Å². The minimum atomic E-state index is -1.99.